The van der Waals surface area contributed by atoms with Gasteiger partial charge in [0.2, 0.25) is 15.9 Å². The molecular weight excluding hydrogens is 431 g/mol. The van der Waals surface area contributed by atoms with Crippen LogP contribution in [-0.2, 0) is 14.8 Å². The molecule has 7 nitrogen and oxygen atoms in total. The normalized spacial score (nSPS) is 11.7. The topological polar surface area (TPSA) is 104 Å². The van der Waals surface area contributed by atoms with Crippen molar-refractivity contribution in [1.29, 1.82) is 0 Å². The largest absolute Gasteiger partial charge is 0.338 e. The van der Waals surface area contributed by atoms with Gasteiger partial charge in [-0.3, -0.25) is 9.52 Å². The van der Waals surface area contributed by atoms with Gasteiger partial charge in [-0.1, -0.05) is 12.1 Å². The summed E-state index contributed by atoms with van der Waals surface area (Å²) in [5, 5.41) is 2.79. The van der Waals surface area contributed by atoms with Crippen LogP contribution in [-0.4, -0.2) is 30.5 Å². The monoisotopic (exact) mass is 450 g/mol. The van der Waals surface area contributed by atoms with Gasteiger partial charge in [0.05, 0.1) is 17.3 Å². The summed E-state index contributed by atoms with van der Waals surface area (Å²) in [6.45, 7) is 0. The first-order valence-electron chi connectivity index (χ1n) is 9.58. The molecule has 3 aromatic carbocycles. The van der Waals surface area contributed by atoms with E-state index in [-0.39, 0.29) is 11.7 Å². The Balaban J connectivity index is 1.43. The minimum Gasteiger partial charge on any atom is -0.338 e. The van der Waals surface area contributed by atoms with Crippen molar-refractivity contribution in [1.82, 2.24) is 9.97 Å². The first kappa shape index (κ1) is 21.3. The Labute approximate surface area is 184 Å². The molecule has 1 amide bonds. The van der Waals surface area contributed by atoms with Crippen LogP contribution in [0.15, 0.2) is 72.8 Å². The number of anilines is 2. The second-order valence-electron chi connectivity index (χ2n) is 7.14. The maximum atomic E-state index is 13.1. The fraction of sp³-hybridized carbons (Fsp3) is 0.0435. The Kier molecular flexibility index (Phi) is 5.74. The van der Waals surface area contributed by atoms with Gasteiger partial charge in [0.15, 0.2) is 0 Å². The van der Waals surface area contributed by atoms with Crippen molar-refractivity contribution >= 4 is 44.4 Å². The van der Waals surface area contributed by atoms with E-state index in [0.717, 1.165) is 28.4 Å². The third kappa shape index (κ3) is 5.38. The molecule has 3 N–H and O–H groups in total. The number of halogens is 1. The molecule has 0 spiro atoms. The lowest BCUT2D eigenvalue weighted by atomic mass is 10.2. The number of sulfonamides is 1. The fourth-order valence-corrected chi connectivity index (χ4v) is 3.63. The molecule has 1 aromatic heterocycles. The van der Waals surface area contributed by atoms with Gasteiger partial charge in [-0.25, -0.2) is 17.8 Å². The molecule has 0 saturated carbocycles. The molecule has 1 heterocycles. The number of aromatic nitrogens is 2. The van der Waals surface area contributed by atoms with E-state index in [2.05, 4.69) is 20.0 Å². The van der Waals surface area contributed by atoms with Crippen molar-refractivity contribution in [2.75, 3.05) is 16.3 Å². The third-order valence-corrected chi connectivity index (χ3v) is 5.11. The minimum absolute atomic E-state index is 0.315. The van der Waals surface area contributed by atoms with Gasteiger partial charge in [-0.05, 0) is 66.2 Å². The molecule has 0 bridgehead atoms. The summed E-state index contributed by atoms with van der Waals surface area (Å²) in [5.41, 5.74) is 4.00. The number of H-pyrrole nitrogens is 1. The number of amides is 1. The maximum Gasteiger partial charge on any atom is 0.248 e. The van der Waals surface area contributed by atoms with E-state index in [0.29, 0.717) is 17.2 Å². The van der Waals surface area contributed by atoms with E-state index in [4.69, 9.17) is 0 Å². The number of benzene rings is 3. The number of nitrogens with zero attached hydrogens (tertiary/aromatic N) is 1. The van der Waals surface area contributed by atoms with Gasteiger partial charge in [0, 0.05) is 23.0 Å². The number of imidazole rings is 1. The molecule has 0 atom stereocenters. The lowest BCUT2D eigenvalue weighted by Crippen LogP contribution is -2.09. The molecule has 4 rings (SSSR count). The van der Waals surface area contributed by atoms with Gasteiger partial charge < -0.3 is 10.3 Å². The molecule has 32 heavy (non-hydrogen) atoms. The van der Waals surface area contributed by atoms with Crippen molar-refractivity contribution in [3.05, 3.63) is 84.2 Å². The molecule has 0 unspecified atom stereocenters. The summed E-state index contributed by atoms with van der Waals surface area (Å²) >= 11 is 0. The summed E-state index contributed by atoms with van der Waals surface area (Å²) in [6, 6.07) is 18.0. The van der Waals surface area contributed by atoms with Gasteiger partial charge in [-0.2, -0.15) is 0 Å². The van der Waals surface area contributed by atoms with Gasteiger partial charge in [-0.15, -0.1) is 0 Å². The van der Waals surface area contributed by atoms with Crippen molar-refractivity contribution < 1.29 is 17.6 Å². The maximum absolute atomic E-state index is 13.1. The number of rotatable bonds is 6. The van der Waals surface area contributed by atoms with Gasteiger partial charge in [0.25, 0.3) is 0 Å². The SMILES string of the molecule is CS(=O)(=O)Nc1ccc(/C=C/C(=O)Nc2ccc3nc(-c4ccc(F)cc4)[nH]c3c2)cc1. The molecule has 0 aliphatic rings. The number of carbonyl (C=O) groups excluding carboxylic acids is 1. The van der Waals surface area contributed by atoms with Crippen LogP contribution in [0.2, 0.25) is 0 Å². The van der Waals surface area contributed by atoms with Crippen molar-refractivity contribution in [3.8, 4) is 11.4 Å². The zero-order chi connectivity index (χ0) is 22.7. The fourth-order valence-electron chi connectivity index (χ4n) is 3.06. The Morgan fingerprint density at radius 1 is 1.00 bits per heavy atom. The Morgan fingerprint density at radius 3 is 2.38 bits per heavy atom. The van der Waals surface area contributed by atoms with Crippen LogP contribution in [0.5, 0.6) is 0 Å². The van der Waals surface area contributed by atoms with E-state index in [1.54, 1.807) is 60.7 Å². The second-order valence-corrected chi connectivity index (χ2v) is 8.89. The minimum atomic E-state index is -3.34. The quantitative estimate of drug-likeness (QED) is 0.379. The van der Waals surface area contributed by atoms with Crippen LogP contribution in [0.3, 0.4) is 0 Å². The van der Waals surface area contributed by atoms with E-state index < -0.39 is 10.0 Å². The van der Waals surface area contributed by atoms with Crippen molar-refractivity contribution in [2.24, 2.45) is 0 Å². The van der Waals surface area contributed by atoms with E-state index in [9.17, 15) is 17.6 Å². The number of hydrogen-bond donors (Lipinski definition) is 3. The molecule has 0 fully saturated rings. The molecule has 0 aliphatic heterocycles. The summed E-state index contributed by atoms with van der Waals surface area (Å²) < 4.78 is 38.0. The van der Waals surface area contributed by atoms with E-state index >= 15 is 0 Å². The summed E-state index contributed by atoms with van der Waals surface area (Å²) in [7, 11) is -3.34. The van der Waals surface area contributed by atoms with Crippen molar-refractivity contribution in [3.63, 3.8) is 0 Å². The highest BCUT2D eigenvalue weighted by Gasteiger charge is 2.07. The van der Waals surface area contributed by atoms with E-state index in [1.807, 2.05) is 0 Å². The molecule has 9 heteroatoms. The van der Waals surface area contributed by atoms with Crippen molar-refractivity contribution in [2.45, 2.75) is 0 Å². The number of fused-ring (bicyclic) bond motifs is 1. The summed E-state index contributed by atoms with van der Waals surface area (Å²) in [4.78, 5) is 19.9. The molecule has 4 aromatic rings. The zero-order valence-electron chi connectivity index (χ0n) is 17.0. The smallest absolute Gasteiger partial charge is 0.248 e. The number of nitrogens with one attached hydrogen (secondary N) is 3. The first-order chi connectivity index (χ1) is 15.2. The Morgan fingerprint density at radius 2 is 1.69 bits per heavy atom. The second kappa shape index (κ2) is 8.64. The first-order valence-corrected chi connectivity index (χ1v) is 11.5. The third-order valence-electron chi connectivity index (χ3n) is 4.51. The molecule has 162 valence electrons. The number of aromatic amines is 1. The lowest BCUT2D eigenvalue weighted by Gasteiger charge is -2.04. The number of hydrogen-bond acceptors (Lipinski definition) is 4. The van der Waals surface area contributed by atoms with E-state index in [1.165, 1.54) is 18.2 Å². The molecule has 0 saturated heterocycles. The highest BCUT2D eigenvalue weighted by molar-refractivity contribution is 7.92. The lowest BCUT2D eigenvalue weighted by molar-refractivity contribution is -0.111. The Hall–Kier alpha value is -3.98. The predicted octanol–water partition coefficient (Wildman–Crippen LogP) is 4.39. The highest BCUT2D eigenvalue weighted by Crippen LogP contribution is 2.23. The molecule has 0 aliphatic carbocycles. The predicted molar refractivity (Wildman–Crippen MR) is 124 cm³/mol. The molecule has 0 radical (unpaired) electrons. The summed E-state index contributed by atoms with van der Waals surface area (Å²) in [6.07, 6.45) is 4.09. The number of carbonyl (C=O) groups is 1. The summed E-state index contributed by atoms with van der Waals surface area (Å²) in [5.74, 6) is -0.0254. The van der Waals surface area contributed by atoms with Crippen LogP contribution in [0.1, 0.15) is 5.56 Å². The Bertz CT molecular complexity index is 1410. The van der Waals surface area contributed by atoms with Crippen LogP contribution in [0.4, 0.5) is 15.8 Å². The average molecular weight is 450 g/mol. The van der Waals surface area contributed by atoms with Gasteiger partial charge >= 0.3 is 0 Å². The van der Waals surface area contributed by atoms with Crippen LogP contribution in [0.25, 0.3) is 28.5 Å². The average Bonchev–Trinajstić information content (AvgIpc) is 3.16. The van der Waals surface area contributed by atoms with Crippen LogP contribution >= 0.6 is 0 Å². The van der Waals surface area contributed by atoms with Crippen LogP contribution < -0.4 is 10.0 Å². The van der Waals surface area contributed by atoms with Gasteiger partial charge in [0.1, 0.15) is 11.6 Å². The zero-order valence-corrected chi connectivity index (χ0v) is 17.8. The standard InChI is InChI=1S/C23H19FN4O3S/c1-32(30,31)28-18-9-2-15(3-10-18)4-13-22(29)25-19-11-12-20-21(14-19)27-23(26-20)16-5-7-17(24)8-6-16/h2-14,28H,1H3,(H,25,29)(H,26,27)/b13-4+. The van der Waals surface area contributed by atoms with Crippen LogP contribution in [0, 0.1) is 5.82 Å². The highest BCUT2D eigenvalue weighted by atomic mass is 32.2. The molecular formula is C23H19FN4O3S.